The Morgan fingerprint density at radius 3 is 1.89 bits per heavy atom. The van der Waals surface area contributed by atoms with Crippen LogP contribution < -0.4 is 0 Å². The van der Waals surface area contributed by atoms with Crippen LogP contribution in [0.4, 0.5) is 0 Å². The number of halogens is 2. The molecule has 0 atom stereocenters. The smallest absolute Gasteiger partial charge is 0.161 e. The molecule has 2 heterocycles. The number of fused-ring (bicyclic) bond motifs is 6. The van der Waals surface area contributed by atoms with E-state index < -0.39 is 8.24 Å². The van der Waals surface area contributed by atoms with Crippen LogP contribution in [0.5, 0.6) is 0 Å². The number of aromatic nitrogens is 2. The standard InChI is InChI=1S/C18H22BrNSi.C12H8BrN/c1-18(2,3)21(4,5)20-16-9-7-6-8-14(16)15-11-10-13(19)12-17(15)20;13-8-5-6-10-9-3-1-2-4-11(9)14-12(10)7-8/h6-12H,1-5H3;1-7,14H. The molecule has 2 aromatic heterocycles. The fourth-order valence-corrected chi connectivity index (χ4v) is 7.67. The fourth-order valence-electron chi connectivity index (χ4n) is 4.71. The van der Waals surface area contributed by atoms with Crippen LogP contribution in [-0.2, 0) is 0 Å². The van der Waals surface area contributed by atoms with Crippen LogP contribution in [0.2, 0.25) is 18.1 Å². The Morgan fingerprint density at radius 1 is 0.629 bits per heavy atom. The van der Waals surface area contributed by atoms with Crippen molar-refractivity contribution in [3.63, 3.8) is 0 Å². The molecule has 178 valence electrons. The van der Waals surface area contributed by atoms with Crippen molar-refractivity contribution in [2.45, 2.75) is 38.9 Å². The van der Waals surface area contributed by atoms with Gasteiger partial charge < -0.3 is 9.22 Å². The van der Waals surface area contributed by atoms with Crippen LogP contribution in [0.25, 0.3) is 43.6 Å². The van der Waals surface area contributed by atoms with Crippen molar-refractivity contribution in [2.24, 2.45) is 0 Å². The lowest BCUT2D eigenvalue weighted by Crippen LogP contribution is -2.45. The second kappa shape index (κ2) is 8.95. The monoisotopic (exact) mass is 604 g/mol. The third kappa shape index (κ3) is 4.28. The number of hydrogen-bond donors (Lipinski definition) is 1. The van der Waals surface area contributed by atoms with E-state index in [1.54, 1.807) is 0 Å². The molecular weight excluding hydrogens is 576 g/mol. The first-order valence-electron chi connectivity index (χ1n) is 11.9. The number of nitrogens with one attached hydrogen (secondary N) is 1. The summed E-state index contributed by atoms with van der Waals surface area (Å²) in [5.74, 6) is 0. The summed E-state index contributed by atoms with van der Waals surface area (Å²) in [5, 5.41) is 5.59. The Balaban J connectivity index is 0.000000156. The molecular formula is C30H30Br2N2Si. The maximum absolute atomic E-state index is 3.64. The third-order valence-corrected chi connectivity index (χ3v) is 13.8. The Kier molecular flexibility index (Phi) is 6.23. The molecule has 5 heteroatoms. The number of H-pyrrole nitrogens is 1. The Bertz CT molecular complexity index is 1690. The van der Waals surface area contributed by atoms with Crippen LogP contribution in [0, 0.1) is 0 Å². The molecule has 0 amide bonds. The van der Waals surface area contributed by atoms with Gasteiger partial charge in [0.1, 0.15) is 0 Å². The highest BCUT2D eigenvalue weighted by Crippen LogP contribution is 2.42. The number of nitrogens with zero attached hydrogens (tertiary/aromatic N) is 1. The molecule has 0 aliphatic carbocycles. The fraction of sp³-hybridized carbons (Fsp3) is 0.200. The summed E-state index contributed by atoms with van der Waals surface area (Å²) >= 11 is 7.11. The molecule has 0 unspecified atom stereocenters. The Labute approximate surface area is 224 Å². The van der Waals surface area contributed by atoms with E-state index in [0.717, 1.165) is 8.95 Å². The van der Waals surface area contributed by atoms with Crippen LogP contribution in [-0.4, -0.2) is 17.5 Å². The summed E-state index contributed by atoms with van der Waals surface area (Å²) in [6, 6.07) is 30.1. The normalized spacial score (nSPS) is 12.4. The minimum absolute atomic E-state index is 0.296. The third-order valence-electron chi connectivity index (χ3n) is 7.50. The van der Waals surface area contributed by atoms with Crippen LogP contribution in [0.1, 0.15) is 20.8 Å². The van der Waals surface area contributed by atoms with Gasteiger partial charge in [-0.25, -0.2) is 0 Å². The number of benzene rings is 4. The lowest BCUT2D eigenvalue weighted by Gasteiger charge is -2.39. The molecule has 4 aromatic carbocycles. The van der Waals surface area contributed by atoms with Crippen molar-refractivity contribution in [1.29, 1.82) is 0 Å². The number of para-hydroxylation sites is 2. The minimum atomic E-state index is -1.68. The summed E-state index contributed by atoms with van der Waals surface area (Å²) < 4.78 is 4.90. The molecule has 0 radical (unpaired) electrons. The summed E-state index contributed by atoms with van der Waals surface area (Å²) in [5.41, 5.74) is 5.11. The van der Waals surface area contributed by atoms with Gasteiger partial charge in [-0.2, -0.15) is 0 Å². The van der Waals surface area contributed by atoms with Gasteiger partial charge in [0, 0.05) is 52.6 Å². The van der Waals surface area contributed by atoms with E-state index in [1.165, 1.54) is 43.6 Å². The highest BCUT2D eigenvalue weighted by molar-refractivity contribution is 9.10. The molecule has 0 bridgehead atoms. The van der Waals surface area contributed by atoms with Gasteiger partial charge in [0.2, 0.25) is 0 Å². The number of hydrogen-bond acceptors (Lipinski definition) is 0. The Hall–Kier alpha value is -2.34. The average molecular weight is 606 g/mol. The van der Waals surface area contributed by atoms with Gasteiger partial charge in [0.25, 0.3) is 0 Å². The molecule has 0 spiro atoms. The molecule has 1 N–H and O–H groups in total. The van der Waals surface area contributed by atoms with Gasteiger partial charge in [-0.3, -0.25) is 0 Å². The topological polar surface area (TPSA) is 20.7 Å². The van der Waals surface area contributed by atoms with Crippen molar-refractivity contribution in [3.8, 4) is 0 Å². The van der Waals surface area contributed by atoms with Crippen molar-refractivity contribution < 1.29 is 0 Å². The molecule has 0 saturated carbocycles. The summed E-state index contributed by atoms with van der Waals surface area (Å²) in [4.78, 5) is 3.39. The number of rotatable bonds is 1. The lowest BCUT2D eigenvalue weighted by atomic mass is 10.2. The first-order chi connectivity index (χ1) is 16.6. The van der Waals surface area contributed by atoms with Crippen molar-refractivity contribution in [1.82, 2.24) is 9.22 Å². The van der Waals surface area contributed by atoms with Crippen LogP contribution >= 0.6 is 31.9 Å². The molecule has 0 fully saturated rings. The quantitative estimate of drug-likeness (QED) is 0.180. The van der Waals surface area contributed by atoms with E-state index in [4.69, 9.17) is 0 Å². The lowest BCUT2D eigenvalue weighted by molar-refractivity contribution is 0.706. The van der Waals surface area contributed by atoms with Gasteiger partial charge in [-0.15, -0.1) is 0 Å². The predicted octanol–water partition coefficient (Wildman–Crippen LogP) is 10.5. The van der Waals surface area contributed by atoms with E-state index >= 15 is 0 Å². The molecule has 0 aliphatic rings. The van der Waals surface area contributed by atoms with Crippen LogP contribution in [0.15, 0.2) is 93.9 Å². The summed E-state index contributed by atoms with van der Waals surface area (Å²) in [6.45, 7) is 12.1. The summed E-state index contributed by atoms with van der Waals surface area (Å²) in [7, 11) is -1.68. The molecule has 0 aliphatic heterocycles. The van der Waals surface area contributed by atoms with Gasteiger partial charge >= 0.3 is 0 Å². The second-order valence-corrected chi connectivity index (χ2v) is 17.6. The van der Waals surface area contributed by atoms with E-state index in [2.05, 4.69) is 154 Å². The van der Waals surface area contributed by atoms with Crippen LogP contribution in [0.3, 0.4) is 0 Å². The molecule has 0 saturated heterocycles. The molecule has 2 nitrogen and oxygen atoms in total. The van der Waals surface area contributed by atoms with E-state index in [1.807, 2.05) is 6.07 Å². The van der Waals surface area contributed by atoms with Crippen molar-refractivity contribution in [2.75, 3.05) is 0 Å². The first-order valence-corrected chi connectivity index (χ1v) is 16.5. The Morgan fingerprint density at radius 2 is 1.17 bits per heavy atom. The average Bonchev–Trinajstić information content (AvgIpc) is 3.33. The molecule has 35 heavy (non-hydrogen) atoms. The highest BCUT2D eigenvalue weighted by atomic mass is 79.9. The van der Waals surface area contributed by atoms with Gasteiger partial charge in [0.15, 0.2) is 8.24 Å². The van der Waals surface area contributed by atoms with Gasteiger partial charge in [0.05, 0.1) is 0 Å². The maximum atomic E-state index is 3.64. The second-order valence-electron chi connectivity index (χ2n) is 10.7. The van der Waals surface area contributed by atoms with Crippen molar-refractivity contribution in [3.05, 3.63) is 93.9 Å². The number of aromatic amines is 1. The van der Waals surface area contributed by atoms with Crippen molar-refractivity contribution >= 4 is 83.7 Å². The van der Waals surface area contributed by atoms with E-state index in [9.17, 15) is 0 Å². The molecule has 6 aromatic rings. The minimum Gasteiger partial charge on any atom is -0.368 e. The van der Waals surface area contributed by atoms with Gasteiger partial charge in [-0.05, 0) is 41.4 Å². The van der Waals surface area contributed by atoms with E-state index in [0.29, 0.717) is 5.04 Å². The SMILES string of the molecule is Brc1ccc2c(c1)[nH]c1ccccc12.CC(C)(C)[Si](C)(C)n1c2ccccc2c2ccc(Br)cc21. The zero-order valence-electron chi connectivity index (χ0n) is 20.8. The molecule has 6 rings (SSSR count). The largest absolute Gasteiger partial charge is 0.368 e. The zero-order valence-corrected chi connectivity index (χ0v) is 25.0. The first kappa shape index (κ1) is 24.4. The highest BCUT2D eigenvalue weighted by Gasteiger charge is 2.39. The van der Waals surface area contributed by atoms with Gasteiger partial charge in [-0.1, -0.05) is 114 Å². The van der Waals surface area contributed by atoms with E-state index in [-0.39, 0.29) is 0 Å². The summed E-state index contributed by atoms with van der Waals surface area (Å²) in [6.07, 6.45) is 0. The maximum Gasteiger partial charge on any atom is 0.161 e. The predicted molar refractivity (Wildman–Crippen MR) is 163 cm³/mol. The zero-order chi connectivity index (χ0) is 25.0.